The molecule has 0 fully saturated rings. The Morgan fingerprint density at radius 1 is 1.30 bits per heavy atom. The lowest BCUT2D eigenvalue weighted by molar-refractivity contribution is -0.120. The van der Waals surface area contributed by atoms with Crippen molar-refractivity contribution in [1.82, 2.24) is 5.32 Å². The first-order valence-corrected chi connectivity index (χ1v) is 7.58. The predicted octanol–water partition coefficient (Wildman–Crippen LogP) is 1.27. The van der Waals surface area contributed by atoms with E-state index in [-0.39, 0.29) is 23.5 Å². The van der Waals surface area contributed by atoms with Crippen LogP contribution < -0.4 is 15.9 Å². The van der Waals surface area contributed by atoms with Gasteiger partial charge in [0.05, 0.1) is 17.5 Å². The highest BCUT2D eigenvalue weighted by atomic mass is 16.3. The minimum absolute atomic E-state index is 0.154. The second-order valence-electron chi connectivity index (χ2n) is 5.69. The Balaban J connectivity index is 1.70. The van der Waals surface area contributed by atoms with Gasteiger partial charge in [-0.05, 0) is 48.7 Å². The van der Waals surface area contributed by atoms with Crippen molar-refractivity contribution in [1.29, 1.82) is 0 Å². The first-order valence-electron chi connectivity index (χ1n) is 7.58. The number of furan rings is 1. The molecular formula is C18H18N2O3. The fraction of sp³-hybridized carbons (Fsp3) is 0.278. The minimum atomic E-state index is -0.304. The largest absolute Gasteiger partial charge is 0.459 e. The standard InChI is InChI=1S/C18H18N2O3/c1-11-5-6-13-10-14(17(21)20-16(13)12(11)2)7-8-19-18(22)15-4-3-9-23-15/h3-6,9-10,14H,7-8H2,1-2H3,(H,19,22). The average molecular weight is 310 g/mol. The Morgan fingerprint density at radius 2 is 2.13 bits per heavy atom. The molecule has 0 bridgehead atoms. The lowest BCUT2D eigenvalue weighted by atomic mass is 9.98. The minimum Gasteiger partial charge on any atom is -0.459 e. The van der Waals surface area contributed by atoms with E-state index < -0.39 is 0 Å². The molecule has 2 aromatic rings. The van der Waals surface area contributed by atoms with Crippen molar-refractivity contribution in [3.8, 4) is 0 Å². The van der Waals surface area contributed by atoms with Crippen LogP contribution in [0.15, 0.2) is 39.9 Å². The smallest absolute Gasteiger partial charge is 0.286 e. The Labute approximate surface area is 133 Å². The molecule has 2 amide bonds. The number of amides is 2. The third kappa shape index (κ3) is 3.08. The molecule has 23 heavy (non-hydrogen) atoms. The quantitative estimate of drug-likeness (QED) is 0.924. The topological polar surface area (TPSA) is 71.7 Å². The molecule has 0 spiro atoms. The number of benzene rings is 1. The zero-order valence-corrected chi connectivity index (χ0v) is 13.1. The van der Waals surface area contributed by atoms with Crippen molar-refractivity contribution in [2.45, 2.75) is 20.3 Å². The number of aryl methyl sites for hydroxylation is 1. The highest BCUT2D eigenvalue weighted by Crippen LogP contribution is 2.10. The number of rotatable bonds is 4. The van der Waals surface area contributed by atoms with Gasteiger partial charge in [0.2, 0.25) is 0 Å². The zero-order valence-electron chi connectivity index (χ0n) is 13.1. The molecule has 0 aliphatic carbocycles. The van der Waals surface area contributed by atoms with Crippen LogP contribution in [-0.4, -0.2) is 18.4 Å². The molecule has 5 heteroatoms. The third-order valence-electron chi connectivity index (χ3n) is 4.14. The molecule has 1 atom stereocenters. The first kappa shape index (κ1) is 15.2. The maximum Gasteiger partial charge on any atom is 0.286 e. The van der Waals surface area contributed by atoms with Gasteiger partial charge in [-0.3, -0.25) is 9.59 Å². The van der Waals surface area contributed by atoms with Gasteiger partial charge >= 0.3 is 0 Å². The van der Waals surface area contributed by atoms with Crippen LogP contribution in [0.3, 0.4) is 0 Å². The van der Waals surface area contributed by atoms with Crippen LogP contribution in [-0.2, 0) is 4.79 Å². The van der Waals surface area contributed by atoms with Gasteiger partial charge in [0.1, 0.15) is 0 Å². The van der Waals surface area contributed by atoms with E-state index in [0.29, 0.717) is 13.0 Å². The summed E-state index contributed by atoms with van der Waals surface area (Å²) in [5, 5.41) is 4.50. The van der Waals surface area contributed by atoms with Crippen LogP contribution >= 0.6 is 0 Å². The Morgan fingerprint density at radius 3 is 2.87 bits per heavy atom. The number of carbonyl (C=O) groups excluding carboxylic acids is 2. The van der Waals surface area contributed by atoms with E-state index in [4.69, 9.17) is 4.42 Å². The summed E-state index contributed by atoms with van der Waals surface area (Å²) in [6.07, 6.45) is 3.91. The zero-order chi connectivity index (χ0) is 16.4. The third-order valence-corrected chi connectivity index (χ3v) is 4.14. The summed E-state index contributed by atoms with van der Waals surface area (Å²) in [7, 11) is 0. The second-order valence-corrected chi connectivity index (χ2v) is 5.69. The van der Waals surface area contributed by atoms with Crippen LogP contribution in [0.25, 0.3) is 6.08 Å². The van der Waals surface area contributed by atoms with E-state index in [1.807, 2.05) is 32.1 Å². The van der Waals surface area contributed by atoms with E-state index >= 15 is 0 Å². The molecule has 5 nitrogen and oxygen atoms in total. The van der Waals surface area contributed by atoms with Gasteiger partial charge in [0.15, 0.2) is 5.76 Å². The Kier molecular flexibility index (Phi) is 4.10. The molecule has 0 saturated carbocycles. The molecule has 0 radical (unpaired) electrons. The highest BCUT2D eigenvalue weighted by Gasteiger charge is 2.19. The van der Waals surface area contributed by atoms with E-state index in [0.717, 1.165) is 21.7 Å². The van der Waals surface area contributed by atoms with Crippen molar-refractivity contribution in [3.63, 3.8) is 0 Å². The molecular weight excluding hydrogens is 292 g/mol. The number of carbonyl (C=O) groups is 2. The number of nitrogens with one attached hydrogen (secondary N) is 1. The lowest BCUT2D eigenvalue weighted by Crippen LogP contribution is -2.37. The highest BCUT2D eigenvalue weighted by molar-refractivity contribution is 5.91. The molecule has 118 valence electrons. The van der Waals surface area contributed by atoms with Crippen LogP contribution in [0.1, 0.15) is 28.1 Å². The van der Waals surface area contributed by atoms with Crippen LogP contribution in [0, 0.1) is 19.8 Å². The van der Waals surface area contributed by atoms with Gasteiger partial charge in [-0.2, -0.15) is 0 Å². The SMILES string of the molecule is Cc1ccc2c(c1C)=NC(=O)C(CCNC(=O)c1ccco1)C=2. The Bertz CT molecular complexity index is 866. The van der Waals surface area contributed by atoms with Crippen molar-refractivity contribution < 1.29 is 14.0 Å². The fourth-order valence-electron chi connectivity index (χ4n) is 2.63. The summed E-state index contributed by atoms with van der Waals surface area (Å²) in [6.45, 7) is 4.37. The maximum atomic E-state index is 12.2. The molecule has 1 aliphatic rings. The summed E-state index contributed by atoms with van der Waals surface area (Å²) in [6, 6.07) is 7.28. The number of nitrogens with zero attached hydrogens (tertiary/aromatic N) is 1. The number of hydrogen-bond acceptors (Lipinski definition) is 3. The van der Waals surface area contributed by atoms with E-state index in [2.05, 4.69) is 10.3 Å². The Hall–Kier alpha value is -2.69. The number of hydrogen-bond donors (Lipinski definition) is 1. The van der Waals surface area contributed by atoms with Gasteiger partial charge in [-0.15, -0.1) is 0 Å². The van der Waals surface area contributed by atoms with Gasteiger partial charge in [0, 0.05) is 6.54 Å². The monoisotopic (exact) mass is 310 g/mol. The number of fused-ring (bicyclic) bond motifs is 1. The summed E-state index contributed by atoms with van der Waals surface area (Å²) >= 11 is 0. The summed E-state index contributed by atoms with van der Waals surface area (Å²) in [5.74, 6) is -0.466. The van der Waals surface area contributed by atoms with Gasteiger partial charge in [-0.1, -0.05) is 18.2 Å². The molecule has 1 N–H and O–H groups in total. The molecule has 1 aromatic heterocycles. The van der Waals surface area contributed by atoms with Crippen molar-refractivity contribution in [3.05, 3.63) is 58.0 Å². The lowest BCUT2D eigenvalue weighted by Gasteiger charge is -2.14. The van der Waals surface area contributed by atoms with Crippen LogP contribution in [0.5, 0.6) is 0 Å². The van der Waals surface area contributed by atoms with Gasteiger partial charge < -0.3 is 9.73 Å². The predicted molar refractivity (Wildman–Crippen MR) is 85.3 cm³/mol. The van der Waals surface area contributed by atoms with Crippen molar-refractivity contribution in [2.24, 2.45) is 10.9 Å². The summed E-state index contributed by atoms with van der Waals surface area (Å²) in [5.41, 5.74) is 2.16. The summed E-state index contributed by atoms with van der Waals surface area (Å²) in [4.78, 5) is 28.2. The second kappa shape index (κ2) is 6.20. The fourth-order valence-corrected chi connectivity index (χ4v) is 2.63. The van der Waals surface area contributed by atoms with Crippen LogP contribution in [0.2, 0.25) is 0 Å². The van der Waals surface area contributed by atoms with Gasteiger partial charge in [-0.25, -0.2) is 4.99 Å². The molecule has 3 rings (SSSR count). The molecule has 2 heterocycles. The molecule has 1 aliphatic heterocycles. The average Bonchev–Trinajstić information content (AvgIpc) is 3.07. The molecule has 0 saturated heterocycles. The van der Waals surface area contributed by atoms with Gasteiger partial charge in [0.25, 0.3) is 11.8 Å². The first-order chi connectivity index (χ1) is 11.1. The van der Waals surface area contributed by atoms with E-state index in [1.54, 1.807) is 12.1 Å². The molecule has 1 aromatic carbocycles. The summed E-state index contributed by atoms with van der Waals surface area (Å²) < 4.78 is 5.02. The van der Waals surface area contributed by atoms with E-state index in [1.165, 1.54) is 6.26 Å². The molecule has 1 unspecified atom stereocenters. The van der Waals surface area contributed by atoms with Crippen molar-refractivity contribution in [2.75, 3.05) is 6.54 Å². The maximum absolute atomic E-state index is 12.2. The van der Waals surface area contributed by atoms with E-state index in [9.17, 15) is 9.59 Å². The van der Waals surface area contributed by atoms with Crippen molar-refractivity contribution >= 4 is 17.9 Å². The van der Waals surface area contributed by atoms with Crippen LogP contribution in [0.4, 0.5) is 0 Å². The normalized spacial score (nSPS) is 16.3.